The number of esters is 1. The standard InChI is InChI=1S/C18H18O6S/c1-18(2)14-11-13(24-25(3,20)21)9-10-15(14)22-17(18)23-16(19)12-7-5-4-6-8-12/h4-11,17H,1-3H3. The van der Waals surface area contributed by atoms with Gasteiger partial charge in [0.25, 0.3) is 6.29 Å². The minimum atomic E-state index is -3.63. The number of carbonyl (C=O) groups excluding carboxylic acids is 1. The predicted molar refractivity (Wildman–Crippen MR) is 91.2 cm³/mol. The van der Waals surface area contributed by atoms with Crippen molar-refractivity contribution in [3.8, 4) is 11.5 Å². The van der Waals surface area contributed by atoms with Crippen LogP contribution in [0.25, 0.3) is 0 Å². The molecule has 132 valence electrons. The van der Waals surface area contributed by atoms with Crippen molar-refractivity contribution in [2.75, 3.05) is 6.26 Å². The van der Waals surface area contributed by atoms with Gasteiger partial charge in [-0.15, -0.1) is 0 Å². The molecule has 0 saturated heterocycles. The van der Waals surface area contributed by atoms with E-state index >= 15 is 0 Å². The average molecular weight is 362 g/mol. The second-order valence-corrected chi connectivity index (χ2v) is 7.96. The summed E-state index contributed by atoms with van der Waals surface area (Å²) in [6.45, 7) is 3.71. The molecule has 1 unspecified atom stereocenters. The third-order valence-corrected chi connectivity index (χ3v) is 4.43. The van der Waals surface area contributed by atoms with E-state index in [1.807, 2.05) is 19.9 Å². The number of carbonyl (C=O) groups is 1. The number of hydrogen-bond donors (Lipinski definition) is 0. The summed E-state index contributed by atoms with van der Waals surface area (Å²) in [4.78, 5) is 12.3. The number of benzene rings is 2. The van der Waals surface area contributed by atoms with Gasteiger partial charge in [0, 0.05) is 5.56 Å². The van der Waals surface area contributed by atoms with Crippen LogP contribution in [0.1, 0.15) is 29.8 Å². The Morgan fingerprint density at radius 3 is 2.44 bits per heavy atom. The van der Waals surface area contributed by atoms with Gasteiger partial charge in [-0.2, -0.15) is 8.42 Å². The molecule has 0 radical (unpaired) electrons. The van der Waals surface area contributed by atoms with E-state index in [1.54, 1.807) is 36.4 Å². The molecular weight excluding hydrogens is 344 g/mol. The molecule has 0 aromatic heterocycles. The first-order valence-corrected chi connectivity index (χ1v) is 9.45. The summed E-state index contributed by atoms with van der Waals surface area (Å²) in [5, 5.41) is 0. The fourth-order valence-corrected chi connectivity index (χ4v) is 3.10. The Balaban J connectivity index is 1.84. The molecule has 2 aromatic rings. The topological polar surface area (TPSA) is 78.9 Å². The fourth-order valence-electron chi connectivity index (χ4n) is 2.64. The van der Waals surface area contributed by atoms with Crippen LogP contribution in [-0.4, -0.2) is 26.9 Å². The maximum atomic E-state index is 12.3. The van der Waals surface area contributed by atoms with Crippen LogP contribution in [0, 0.1) is 0 Å². The largest absolute Gasteiger partial charge is 0.453 e. The zero-order valence-electron chi connectivity index (χ0n) is 14.1. The molecule has 6 nitrogen and oxygen atoms in total. The average Bonchev–Trinajstić information content (AvgIpc) is 2.78. The SMILES string of the molecule is CC1(C)c2cc(OS(C)(=O)=O)ccc2OC1OC(=O)c1ccccc1. The number of fused-ring (bicyclic) bond motifs is 1. The second-order valence-electron chi connectivity index (χ2n) is 6.39. The maximum absolute atomic E-state index is 12.3. The zero-order chi connectivity index (χ0) is 18.2. The quantitative estimate of drug-likeness (QED) is 0.615. The molecule has 1 heterocycles. The van der Waals surface area contributed by atoms with E-state index in [-0.39, 0.29) is 5.75 Å². The molecule has 0 fully saturated rings. The van der Waals surface area contributed by atoms with Crippen molar-refractivity contribution in [2.45, 2.75) is 25.6 Å². The summed E-state index contributed by atoms with van der Waals surface area (Å²) in [7, 11) is -3.63. The normalized spacial score (nSPS) is 18.1. The molecular formula is C18H18O6S. The maximum Gasteiger partial charge on any atom is 0.341 e. The molecule has 0 amide bonds. The van der Waals surface area contributed by atoms with Crippen molar-refractivity contribution in [1.29, 1.82) is 0 Å². The summed E-state index contributed by atoms with van der Waals surface area (Å²) < 4.78 is 38.8. The van der Waals surface area contributed by atoms with E-state index in [4.69, 9.17) is 13.7 Å². The Labute approximate surface area is 146 Å². The van der Waals surface area contributed by atoms with Gasteiger partial charge in [-0.05, 0) is 44.2 Å². The van der Waals surface area contributed by atoms with Crippen molar-refractivity contribution >= 4 is 16.1 Å². The first kappa shape index (κ1) is 17.3. The minimum Gasteiger partial charge on any atom is -0.453 e. The van der Waals surface area contributed by atoms with Gasteiger partial charge < -0.3 is 13.7 Å². The van der Waals surface area contributed by atoms with Gasteiger partial charge in [0.15, 0.2) is 0 Å². The fraction of sp³-hybridized carbons (Fsp3) is 0.278. The van der Waals surface area contributed by atoms with Gasteiger partial charge in [0.1, 0.15) is 11.5 Å². The molecule has 1 aliphatic rings. The van der Waals surface area contributed by atoms with Crippen LogP contribution >= 0.6 is 0 Å². The Kier molecular flexibility index (Phi) is 4.20. The highest BCUT2D eigenvalue weighted by atomic mass is 32.2. The lowest BCUT2D eigenvalue weighted by Gasteiger charge is -2.25. The molecule has 0 spiro atoms. The molecule has 7 heteroatoms. The van der Waals surface area contributed by atoms with Gasteiger partial charge in [0.2, 0.25) is 0 Å². The Bertz CT molecular complexity index is 902. The molecule has 1 aliphatic heterocycles. The minimum absolute atomic E-state index is 0.188. The molecule has 0 aliphatic carbocycles. The lowest BCUT2D eigenvalue weighted by Crippen LogP contribution is -2.36. The molecule has 25 heavy (non-hydrogen) atoms. The van der Waals surface area contributed by atoms with Gasteiger partial charge in [-0.3, -0.25) is 0 Å². The highest BCUT2D eigenvalue weighted by Gasteiger charge is 2.44. The smallest absolute Gasteiger partial charge is 0.341 e. The van der Waals surface area contributed by atoms with Gasteiger partial charge >= 0.3 is 16.1 Å². The Morgan fingerprint density at radius 1 is 1.12 bits per heavy atom. The van der Waals surface area contributed by atoms with Crippen LogP contribution in [0.3, 0.4) is 0 Å². The third-order valence-electron chi connectivity index (χ3n) is 3.94. The lowest BCUT2D eigenvalue weighted by molar-refractivity contribution is -0.0684. The van der Waals surface area contributed by atoms with E-state index in [9.17, 15) is 13.2 Å². The summed E-state index contributed by atoms with van der Waals surface area (Å²) in [5.74, 6) is 0.226. The summed E-state index contributed by atoms with van der Waals surface area (Å²) in [5.41, 5.74) is 0.467. The first-order chi connectivity index (χ1) is 11.7. The van der Waals surface area contributed by atoms with Gasteiger partial charge in [0.05, 0.1) is 17.2 Å². The van der Waals surface area contributed by atoms with Crippen LogP contribution in [0.4, 0.5) is 0 Å². The molecule has 3 rings (SSSR count). The van der Waals surface area contributed by atoms with Gasteiger partial charge in [-0.1, -0.05) is 18.2 Å². The van der Waals surface area contributed by atoms with Gasteiger partial charge in [-0.25, -0.2) is 4.79 Å². The zero-order valence-corrected chi connectivity index (χ0v) is 14.9. The highest BCUT2D eigenvalue weighted by Crippen LogP contribution is 2.45. The monoisotopic (exact) mass is 362 g/mol. The van der Waals surface area contributed by atoms with E-state index in [2.05, 4.69) is 0 Å². The van der Waals surface area contributed by atoms with E-state index in [0.29, 0.717) is 16.9 Å². The molecule has 0 bridgehead atoms. The van der Waals surface area contributed by atoms with Crippen LogP contribution < -0.4 is 8.92 Å². The first-order valence-electron chi connectivity index (χ1n) is 7.63. The lowest BCUT2D eigenvalue weighted by atomic mass is 9.85. The number of rotatable bonds is 4. The van der Waals surface area contributed by atoms with Crippen molar-refractivity contribution in [3.63, 3.8) is 0 Å². The summed E-state index contributed by atoms with van der Waals surface area (Å²) in [6, 6.07) is 13.3. The highest BCUT2D eigenvalue weighted by molar-refractivity contribution is 7.86. The molecule has 0 saturated carbocycles. The van der Waals surface area contributed by atoms with Crippen molar-refractivity contribution < 1.29 is 26.9 Å². The Morgan fingerprint density at radius 2 is 1.80 bits per heavy atom. The molecule has 1 atom stereocenters. The van der Waals surface area contributed by atoms with Crippen molar-refractivity contribution in [3.05, 3.63) is 59.7 Å². The van der Waals surface area contributed by atoms with E-state index in [1.165, 1.54) is 6.07 Å². The van der Waals surface area contributed by atoms with Crippen molar-refractivity contribution in [2.24, 2.45) is 0 Å². The van der Waals surface area contributed by atoms with Crippen molar-refractivity contribution in [1.82, 2.24) is 0 Å². The molecule has 2 aromatic carbocycles. The number of hydrogen-bond acceptors (Lipinski definition) is 6. The Hall–Kier alpha value is -2.54. The number of ether oxygens (including phenoxy) is 2. The van der Waals surface area contributed by atoms with E-state index in [0.717, 1.165) is 6.26 Å². The molecule has 0 N–H and O–H groups in total. The third kappa shape index (κ3) is 3.61. The summed E-state index contributed by atoms with van der Waals surface area (Å²) in [6.07, 6.45) is 0.149. The van der Waals surface area contributed by atoms with Crippen LogP contribution in [-0.2, 0) is 20.3 Å². The second kappa shape index (κ2) is 6.07. The van der Waals surface area contributed by atoms with Crippen LogP contribution in [0.2, 0.25) is 0 Å². The summed E-state index contributed by atoms with van der Waals surface area (Å²) >= 11 is 0. The van der Waals surface area contributed by atoms with E-state index < -0.39 is 27.8 Å². The van der Waals surface area contributed by atoms with Crippen LogP contribution in [0.5, 0.6) is 11.5 Å². The predicted octanol–water partition coefficient (Wildman–Crippen LogP) is 2.88. The van der Waals surface area contributed by atoms with Crippen LogP contribution in [0.15, 0.2) is 48.5 Å².